The molecule has 27 heavy (non-hydrogen) atoms. The first-order valence-electron chi connectivity index (χ1n) is 8.73. The first-order chi connectivity index (χ1) is 12.9. The van der Waals surface area contributed by atoms with Gasteiger partial charge in [0.2, 0.25) is 0 Å². The maximum atomic E-state index is 13.3. The van der Waals surface area contributed by atoms with Crippen molar-refractivity contribution in [2.45, 2.75) is 19.3 Å². The van der Waals surface area contributed by atoms with Gasteiger partial charge < -0.3 is 14.2 Å². The highest BCUT2D eigenvalue weighted by atomic mass is 19.4. The molecular formula is C21H19F3N2O. The molecule has 140 valence electrons. The zero-order valence-corrected chi connectivity index (χ0v) is 14.8. The van der Waals surface area contributed by atoms with E-state index in [1.807, 2.05) is 37.3 Å². The van der Waals surface area contributed by atoms with Crippen LogP contribution in [0, 0.1) is 6.92 Å². The van der Waals surface area contributed by atoms with Crippen LogP contribution in [0.4, 0.5) is 18.9 Å². The molecule has 3 aromatic rings. The van der Waals surface area contributed by atoms with Crippen molar-refractivity contribution in [1.29, 1.82) is 0 Å². The number of anilines is 1. The van der Waals surface area contributed by atoms with E-state index in [0.717, 1.165) is 23.9 Å². The van der Waals surface area contributed by atoms with Gasteiger partial charge in [-0.05, 0) is 37.3 Å². The van der Waals surface area contributed by atoms with Gasteiger partial charge in [0.15, 0.2) is 6.23 Å². The van der Waals surface area contributed by atoms with Gasteiger partial charge in [-0.2, -0.15) is 13.2 Å². The van der Waals surface area contributed by atoms with E-state index in [4.69, 9.17) is 4.74 Å². The molecule has 6 heteroatoms. The van der Waals surface area contributed by atoms with E-state index in [0.29, 0.717) is 6.61 Å². The average Bonchev–Trinajstić information content (AvgIpc) is 3.31. The molecular weight excluding hydrogens is 353 g/mol. The van der Waals surface area contributed by atoms with Crippen LogP contribution < -0.4 is 4.90 Å². The van der Waals surface area contributed by atoms with E-state index in [2.05, 4.69) is 4.90 Å². The quantitative estimate of drug-likeness (QED) is 0.617. The molecule has 1 saturated heterocycles. The number of alkyl halides is 3. The number of aromatic nitrogens is 1. The topological polar surface area (TPSA) is 17.4 Å². The van der Waals surface area contributed by atoms with Crippen LogP contribution in [0.1, 0.15) is 22.9 Å². The molecule has 1 aromatic heterocycles. The van der Waals surface area contributed by atoms with Crippen LogP contribution in [-0.2, 0) is 10.9 Å². The highest BCUT2D eigenvalue weighted by molar-refractivity contribution is 5.51. The number of hydrogen-bond donors (Lipinski definition) is 0. The Balaban J connectivity index is 1.66. The summed E-state index contributed by atoms with van der Waals surface area (Å²) in [5.41, 5.74) is 2.48. The van der Waals surface area contributed by atoms with Gasteiger partial charge in [0.1, 0.15) is 0 Å². The standard InChI is InChI=1S/C21H19F3N2O/c1-15-6-8-17(9-7-15)26-12-13-27-20(26)16-10-11-25(14-16)19-5-3-2-4-18(19)21(22,23)24/h2-11,14,20H,12-13H2,1H3. The molecule has 1 unspecified atom stereocenters. The fourth-order valence-electron chi connectivity index (χ4n) is 3.39. The van der Waals surface area contributed by atoms with Crippen LogP contribution in [0.3, 0.4) is 0 Å². The van der Waals surface area contributed by atoms with E-state index >= 15 is 0 Å². The zero-order valence-electron chi connectivity index (χ0n) is 14.8. The summed E-state index contributed by atoms with van der Waals surface area (Å²) in [7, 11) is 0. The molecule has 0 amide bonds. The molecule has 0 spiro atoms. The fourth-order valence-corrected chi connectivity index (χ4v) is 3.39. The Hall–Kier alpha value is -2.73. The second kappa shape index (κ2) is 6.78. The van der Waals surface area contributed by atoms with Crippen molar-refractivity contribution in [3.63, 3.8) is 0 Å². The minimum Gasteiger partial charge on any atom is -0.352 e. The second-order valence-corrected chi connectivity index (χ2v) is 6.62. The number of ether oxygens (including phenoxy) is 1. The first-order valence-corrected chi connectivity index (χ1v) is 8.73. The summed E-state index contributed by atoms with van der Waals surface area (Å²) in [4.78, 5) is 2.12. The van der Waals surface area contributed by atoms with Gasteiger partial charge in [0.05, 0.1) is 17.9 Å². The minimum absolute atomic E-state index is 0.108. The Morgan fingerprint density at radius 1 is 1.00 bits per heavy atom. The number of hydrogen-bond acceptors (Lipinski definition) is 2. The number of aryl methyl sites for hydroxylation is 1. The van der Waals surface area contributed by atoms with Crippen molar-refractivity contribution in [3.8, 4) is 5.69 Å². The fraction of sp³-hybridized carbons (Fsp3) is 0.238. The van der Waals surface area contributed by atoms with Crippen LogP contribution in [0.15, 0.2) is 67.0 Å². The van der Waals surface area contributed by atoms with Crippen LogP contribution in [-0.4, -0.2) is 17.7 Å². The summed E-state index contributed by atoms with van der Waals surface area (Å²) >= 11 is 0. The lowest BCUT2D eigenvalue weighted by Crippen LogP contribution is -2.22. The number of benzene rings is 2. The molecule has 0 bridgehead atoms. The molecule has 1 fully saturated rings. The van der Waals surface area contributed by atoms with Gasteiger partial charge in [0, 0.05) is 30.2 Å². The first kappa shape index (κ1) is 17.7. The maximum absolute atomic E-state index is 13.3. The SMILES string of the molecule is Cc1ccc(N2CCOC2c2ccn(-c3ccccc3C(F)(F)F)c2)cc1. The van der Waals surface area contributed by atoms with E-state index in [-0.39, 0.29) is 11.9 Å². The number of halogens is 3. The van der Waals surface area contributed by atoms with Crippen LogP contribution >= 0.6 is 0 Å². The van der Waals surface area contributed by atoms with E-state index in [1.165, 1.54) is 22.3 Å². The lowest BCUT2D eigenvalue weighted by molar-refractivity contribution is -0.137. The van der Waals surface area contributed by atoms with Gasteiger partial charge in [-0.15, -0.1) is 0 Å². The summed E-state index contributed by atoms with van der Waals surface area (Å²) in [5, 5.41) is 0. The zero-order chi connectivity index (χ0) is 19.0. The van der Waals surface area contributed by atoms with E-state index in [9.17, 15) is 13.2 Å². The highest BCUT2D eigenvalue weighted by Gasteiger charge is 2.34. The Morgan fingerprint density at radius 2 is 1.74 bits per heavy atom. The molecule has 4 rings (SSSR count). The summed E-state index contributed by atoms with van der Waals surface area (Å²) in [6, 6.07) is 15.5. The average molecular weight is 372 g/mol. The maximum Gasteiger partial charge on any atom is 0.418 e. The third-order valence-corrected chi connectivity index (χ3v) is 4.75. The highest BCUT2D eigenvalue weighted by Crippen LogP contribution is 2.36. The lowest BCUT2D eigenvalue weighted by Gasteiger charge is -2.24. The molecule has 0 saturated carbocycles. The predicted octanol–water partition coefficient (Wildman–Crippen LogP) is 5.34. The van der Waals surface area contributed by atoms with Gasteiger partial charge >= 0.3 is 6.18 Å². The van der Waals surface area contributed by atoms with Crippen molar-refractivity contribution in [2.75, 3.05) is 18.1 Å². The second-order valence-electron chi connectivity index (χ2n) is 6.62. The van der Waals surface area contributed by atoms with Crippen molar-refractivity contribution in [1.82, 2.24) is 4.57 Å². The van der Waals surface area contributed by atoms with Crippen molar-refractivity contribution in [2.24, 2.45) is 0 Å². The molecule has 3 nitrogen and oxygen atoms in total. The minimum atomic E-state index is -4.40. The molecule has 0 N–H and O–H groups in total. The van der Waals surface area contributed by atoms with Crippen molar-refractivity contribution in [3.05, 3.63) is 83.7 Å². The third-order valence-electron chi connectivity index (χ3n) is 4.75. The van der Waals surface area contributed by atoms with Gasteiger partial charge in [-0.25, -0.2) is 0 Å². The van der Waals surface area contributed by atoms with Crippen LogP contribution in [0.5, 0.6) is 0 Å². The number of para-hydroxylation sites is 1. The molecule has 2 aromatic carbocycles. The lowest BCUT2D eigenvalue weighted by atomic mass is 10.1. The third kappa shape index (κ3) is 3.45. The Labute approximate surface area is 155 Å². The molecule has 1 aliphatic heterocycles. The van der Waals surface area contributed by atoms with Gasteiger partial charge in [-0.1, -0.05) is 29.8 Å². The Morgan fingerprint density at radius 3 is 2.48 bits per heavy atom. The van der Waals surface area contributed by atoms with E-state index in [1.54, 1.807) is 18.5 Å². The summed E-state index contributed by atoms with van der Waals surface area (Å²) in [6.45, 7) is 3.33. The summed E-state index contributed by atoms with van der Waals surface area (Å²) in [6.07, 6.45) is -1.36. The molecule has 1 aliphatic rings. The van der Waals surface area contributed by atoms with E-state index < -0.39 is 11.7 Å². The largest absolute Gasteiger partial charge is 0.418 e. The predicted molar refractivity (Wildman–Crippen MR) is 98.0 cm³/mol. The smallest absolute Gasteiger partial charge is 0.352 e. The Kier molecular flexibility index (Phi) is 4.44. The van der Waals surface area contributed by atoms with Crippen molar-refractivity contribution >= 4 is 5.69 Å². The number of rotatable bonds is 3. The Bertz CT molecular complexity index is 931. The number of nitrogens with zero attached hydrogens (tertiary/aromatic N) is 2. The molecule has 0 radical (unpaired) electrons. The molecule has 0 aliphatic carbocycles. The molecule has 1 atom stereocenters. The van der Waals surface area contributed by atoms with Gasteiger partial charge in [-0.3, -0.25) is 0 Å². The van der Waals surface area contributed by atoms with Crippen LogP contribution in [0.2, 0.25) is 0 Å². The normalized spacial score (nSPS) is 17.5. The van der Waals surface area contributed by atoms with Crippen molar-refractivity contribution < 1.29 is 17.9 Å². The monoisotopic (exact) mass is 372 g/mol. The van der Waals surface area contributed by atoms with Gasteiger partial charge in [0.25, 0.3) is 0 Å². The molecule has 2 heterocycles. The summed E-state index contributed by atoms with van der Waals surface area (Å²) < 4.78 is 47.3. The van der Waals surface area contributed by atoms with Crippen LogP contribution in [0.25, 0.3) is 5.69 Å². The summed E-state index contributed by atoms with van der Waals surface area (Å²) in [5.74, 6) is 0.